The van der Waals surface area contributed by atoms with Gasteiger partial charge in [0.2, 0.25) is 0 Å². The van der Waals surface area contributed by atoms with E-state index in [4.69, 9.17) is 14.2 Å². The van der Waals surface area contributed by atoms with E-state index in [1.54, 1.807) is 0 Å². The maximum Gasteiger partial charge on any atom is 0.306 e. The van der Waals surface area contributed by atoms with Crippen molar-refractivity contribution < 1.29 is 28.6 Å². The zero-order valence-corrected chi connectivity index (χ0v) is 41.9. The van der Waals surface area contributed by atoms with Gasteiger partial charge in [0.1, 0.15) is 13.2 Å². The highest BCUT2D eigenvalue weighted by Gasteiger charge is 2.19. The van der Waals surface area contributed by atoms with Gasteiger partial charge in [0.15, 0.2) is 6.10 Å². The standard InChI is InChI=1S/C56H106O6/c1-4-7-10-13-15-17-19-20-21-22-23-24-25-26-27-28-29-30-31-32-33-34-35-36-37-39-40-43-46-49-55(58)61-52-53(51-60-54(57)48-45-42-12-9-6-3)62-56(59)50-47-44-41-38-18-16-14-11-8-5-2/h22-23,53H,4-21,24-52H2,1-3H3/b23-22-. The van der Waals surface area contributed by atoms with Crippen LogP contribution in [0.5, 0.6) is 0 Å². The molecule has 0 heterocycles. The van der Waals surface area contributed by atoms with Crippen LogP contribution in [0.4, 0.5) is 0 Å². The fraction of sp³-hybridized carbons (Fsp3) is 0.911. The molecule has 0 fully saturated rings. The molecule has 0 amide bonds. The normalized spacial score (nSPS) is 12.0. The van der Waals surface area contributed by atoms with E-state index in [1.165, 1.54) is 205 Å². The van der Waals surface area contributed by atoms with Crippen LogP contribution in [0.2, 0.25) is 0 Å². The van der Waals surface area contributed by atoms with Crippen molar-refractivity contribution in [2.45, 2.75) is 316 Å². The number of ether oxygens (including phenoxy) is 3. The number of carbonyl (C=O) groups is 3. The van der Waals surface area contributed by atoms with Gasteiger partial charge in [-0.05, 0) is 44.9 Å². The molecule has 0 aliphatic rings. The Labute approximate surface area is 386 Å². The molecule has 62 heavy (non-hydrogen) atoms. The summed E-state index contributed by atoms with van der Waals surface area (Å²) in [6.07, 6.45) is 58.4. The number of esters is 3. The lowest BCUT2D eigenvalue weighted by Gasteiger charge is -2.18. The average molecular weight is 875 g/mol. The van der Waals surface area contributed by atoms with Gasteiger partial charge < -0.3 is 14.2 Å². The van der Waals surface area contributed by atoms with Crippen molar-refractivity contribution in [1.82, 2.24) is 0 Å². The monoisotopic (exact) mass is 875 g/mol. The highest BCUT2D eigenvalue weighted by atomic mass is 16.6. The van der Waals surface area contributed by atoms with Gasteiger partial charge in [0.25, 0.3) is 0 Å². The van der Waals surface area contributed by atoms with Crippen LogP contribution in [0.15, 0.2) is 12.2 Å². The highest BCUT2D eigenvalue weighted by molar-refractivity contribution is 5.71. The van der Waals surface area contributed by atoms with Gasteiger partial charge >= 0.3 is 17.9 Å². The van der Waals surface area contributed by atoms with Crippen LogP contribution in [0.1, 0.15) is 310 Å². The molecule has 6 heteroatoms. The van der Waals surface area contributed by atoms with Crippen molar-refractivity contribution in [2.24, 2.45) is 0 Å². The maximum absolute atomic E-state index is 12.7. The summed E-state index contributed by atoms with van der Waals surface area (Å²) < 4.78 is 16.6. The first-order valence-corrected chi connectivity index (χ1v) is 27.7. The summed E-state index contributed by atoms with van der Waals surface area (Å²) >= 11 is 0. The predicted octanol–water partition coefficient (Wildman–Crippen LogP) is 18.2. The van der Waals surface area contributed by atoms with Crippen LogP contribution in [0.25, 0.3) is 0 Å². The summed E-state index contributed by atoms with van der Waals surface area (Å²) in [6, 6.07) is 0. The third-order valence-electron chi connectivity index (χ3n) is 12.5. The summed E-state index contributed by atoms with van der Waals surface area (Å²) in [5.74, 6) is -0.866. The first-order valence-electron chi connectivity index (χ1n) is 27.7. The van der Waals surface area contributed by atoms with E-state index in [2.05, 4.69) is 32.9 Å². The summed E-state index contributed by atoms with van der Waals surface area (Å²) in [7, 11) is 0. The Morgan fingerprint density at radius 3 is 0.806 bits per heavy atom. The first kappa shape index (κ1) is 60.2. The number of unbranched alkanes of at least 4 members (excludes halogenated alkanes) is 38. The van der Waals surface area contributed by atoms with Crippen molar-refractivity contribution in [3.8, 4) is 0 Å². The molecule has 366 valence electrons. The summed E-state index contributed by atoms with van der Waals surface area (Å²) in [5, 5.41) is 0. The molecule has 0 bridgehead atoms. The molecule has 0 saturated heterocycles. The van der Waals surface area contributed by atoms with E-state index in [1.807, 2.05) is 0 Å². The number of rotatable bonds is 51. The van der Waals surface area contributed by atoms with E-state index in [0.717, 1.165) is 64.2 Å². The summed E-state index contributed by atoms with van der Waals surface area (Å²) in [5.41, 5.74) is 0. The molecule has 0 aromatic carbocycles. The molecule has 6 nitrogen and oxygen atoms in total. The number of carbonyl (C=O) groups excluding carboxylic acids is 3. The second-order valence-corrected chi connectivity index (χ2v) is 18.9. The zero-order chi connectivity index (χ0) is 45.1. The minimum atomic E-state index is -0.759. The molecule has 0 aromatic rings. The van der Waals surface area contributed by atoms with Gasteiger partial charge in [-0.15, -0.1) is 0 Å². The molecule has 0 aliphatic heterocycles. The lowest BCUT2D eigenvalue weighted by molar-refractivity contribution is -0.167. The molecule has 0 aromatic heterocycles. The third-order valence-corrected chi connectivity index (χ3v) is 12.5. The zero-order valence-electron chi connectivity index (χ0n) is 41.9. The Balaban J connectivity index is 3.87. The van der Waals surface area contributed by atoms with Crippen molar-refractivity contribution in [3.63, 3.8) is 0 Å². The first-order chi connectivity index (χ1) is 30.5. The van der Waals surface area contributed by atoms with E-state index in [-0.39, 0.29) is 31.1 Å². The maximum atomic E-state index is 12.7. The van der Waals surface area contributed by atoms with Gasteiger partial charge in [-0.3, -0.25) is 14.4 Å². The number of allylic oxidation sites excluding steroid dienone is 2. The van der Waals surface area contributed by atoms with Gasteiger partial charge in [0, 0.05) is 19.3 Å². The van der Waals surface area contributed by atoms with Crippen molar-refractivity contribution >= 4 is 17.9 Å². The fourth-order valence-electron chi connectivity index (χ4n) is 8.32. The van der Waals surface area contributed by atoms with E-state index >= 15 is 0 Å². The van der Waals surface area contributed by atoms with E-state index < -0.39 is 6.10 Å². The van der Waals surface area contributed by atoms with Crippen LogP contribution in [0, 0.1) is 0 Å². The summed E-state index contributed by atoms with van der Waals surface area (Å²) in [4.78, 5) is 37.6. The molecular weight excluding hydrogens is 769 g/mol. The Morgan fingerprint density at radius 1 is 0.306 bits per heavy atom. The molecule has 0 saturated carbocycles. The summed E-state index contributed by atoms with van der Waals surface area (Å²) in [6.45, 7) is 6.57. The largest absolute Gasteiger partial charge is 0.462 e. The van der Waals surface area contributed by atoms with Crippen molar-refractivity contribution in [3.05, 3.63) is 12.2 Å². The van der Waals surface area contributed by atoms with Crippen molar-refractivity contribution in [2.75, 3.05) is 13.2 Å². The average Bonchev–Trinajstić information content (AvgIpc) is 3.27. The lowest BCUT2D eigenvalue weighted by Crippen LogP contribution is -2.30. The fourth-order valence-corrected chi connectivity index (χ4v) is 8.32. The Bertz CT molecular complexity index is 962. The van der Waals surface area contributed by atoms with Gasteiger partial charge in [-0.1, -0.05) is 258 Å². The van der Waals surface area contributed by atoms with Crippen molar-refractivity contribution in [1.29, 1.82) is 0 Å². The Hall–Kier alpha value is -1.85. The molecule has 0 rings (SSSR count). The van der Waals surface area contributed by atoms with Crippen LogP contribution < -0.4 is 0 Å². The van der Waals surface area contributed by atoms with Crippen LogP contribution in [0.3, 0.4) is 0 Å². The van der Waals surface area contributed by atoms with Crippen LogP contribution in [-0.2, 0) is 28.6 Å². The second kappa shape index (κ2) is 51.8. The van der Waals surface area contributed by atoms with E-state index in [9.17, 15) is 14.4 Å². The number of hydrogen-bond donors (Lipinski definition) is 0. The molecule has 0 radical (unpaired) electrons. The van der Waals surface area contributed by atoms with E-state index in [0.29, 0.717) is 19.3 Å². The van der Waals surface area contributed by atoms with Gasteiger partial charge in [-0.2, -0.15) is 0 Å². The third kappa shape index (κ3) is 49.2. The minimum absolute atomic E-state index is 0.0654. The van der Waals surface area contributed by atoms with Crippen LogP contribution in [-0.4, -0.2) is 37.2 Å². The topological polar surface area (TPSA) is 78.9 Å². The molecular formula is C56H106O6. The molecule has 1 unspecified atom stereocenters. The Kier molecular flexibility index (Phi) is 50.2. The quantitative estimate of drug-likeness (QED) is 0.0262. The second-order valence-electron chi connectivity index (χ2n) is 18.9. The molecule has 0 N–H and O–H groups in total. The lowest BCUT2D eigenvalue weighted by atomic mass is 10.0. The Morgan fingerprint density at radius 2 is 0.532 bits per heavy atom. The smallest absolute Gasteiger partial charge is 0.306 e. The highest BCUT2D eigenvalue weighted by Crippen LogP contribution is 2.17. The molecule has 0 spiro atoms. The molecule has 0 aliphatic carbocycles. The predicted molar refractivity (Wildman–Crippen MR) is 266 cm³/mol. The van der Waals surface area contributed by atoms with Gasteiger partial charge in [0.05, 0.1) is 0 Å². The van der Waals surface area contributed by atoms with Gasteiger partial charge in [-0.25, -0.2) is 0 Å². The SMILES string of the molecule is CCCCCCCCCC/C=C\CCCCCCCCCCCCCCCCCCCC(=O)OCC(COC(=O)CCCCCCC)OC(=O)CCCCCCCCCCCC. The number of hydrogen-bond acceptors (Lipinski definition) is 6. The van der Waals surface area contributed by atoms with Crippen LogP contribution >= 0.6 is 0 Å². The molecule has 1 atom stereocenters. The minimum Gasteiger partial charge on any atom is -0.462 e.